The minimum absolute atomic E-state index is 0.000382. The zero-order chi connectivity index (χ0) is 24.0. The minimum atomic E-state index is -0.573. The number of benzene rings is 1. The predicted octanol–water partition coefficient (Wildman–Crippen LogP) is 3.71. The van der Waals surface area contributed by atoms with Crippen molar-refractivity contribution in [1.29, 1.82) is 0 Å². The number of aromatic nitrogens is 2. The summed E-state index contributed by atoms with van der Waals surface area (Å²) in [4.78, 5) is 40.4. The molecule has 1 aromatic heterocycles. The summed E-state index contributed by atoms with van der Waals surface area (Å²) < 4.78 is 7.53. The van der Waals surface area contributed by atoms with Crippen molar-refractivity contribution in [2.45, 2.75) is 63.4 Å². The third kappa shape index (κ3) is 4.02. The summed E-state index contributed by atoms with van der Waals surface area (Å²) in [6.45, 7) is 1.31. The molecule has 8 nitrogen and oxygen atoms in total. The summed E-state index contributed by atoms with van der Waals surface area (Å²) in [5, 5.41) is 7.29. The molecule has 2 amide bonds. The van der Waals surface area contributed by atoms with Crippen molar-refractivity contribution < 1.29 is 19.1 Å². The quantitative estimate of drug-likeness (QED) is 0.679. The highest BCUT2D eigenvalue weighted by Crippen LogP contribution is 2.60. The van der Waals surface area contributed by atoms with Gasteiger partial charge in [0.25, 0.3) is 0 Å². The second-order valence-corrected chi connectivity index (χ2v) is 10.8. The number of amides is 2. The number of rotatable bonds is 4. The van der Waals surface area contributed by atoms with E-state index in [1.54, 1.807) is 10.9 Å². The van der Waals surface area contributed by atoms with Crippen molar-refractivity contribution in [2.24, 2.45) is 17.3 Å². The molecule has 6 rings (SSSR count). The molecule has 1 aromatic carbocycles. The van der Waals surface area contributed by atoms with Gasteiger partial charge in [-0.3, -0.25) is 14.4 Å². The van der Waals surface area contributed by atoms with Crippen LogP contribution in [-0.2, 0) is 19.1 Å². The molecule has 2 spiro atoms. The zero-order valence-electron chi connectivity index (χ0n) is 19.9. The van der Waals surface area contributed by atoms with Gasteiger partial charge in [0.05, 0.1) is 18.0 Å². The largest absolute Gasteiger partial charge is 0.458 e. The molecule has 8 heteroatoms. The number of nitrogens with zero attached hydrogens (tertiary/aromatic N) is 3. The maximum Gasteiger partial charge on any atom is 0.307 e. The predicted molar refractivity (Wildman–Crippen MR) is 129 cm³/mol. The lowest BCUT2D eigenvalue weighted by Crippen LogP contribution is -2.49. The number of esters is 1. The molecule has 2 saturated carbocycles. The van der Waals surface area contributed by atoms with Gasteiger partial charge in [-0.1, -0.05) is 6.42 Å². The van der Waals surface area contributed by atoms with E-state index < -0.39 is 5.60 Å². The van der Waals surface area contributed by atoms with Crippen molar-refractivity contribution in [3.8, 4) is 5.69 Å². The Hall–Kier alpha value is -3.16. The lowest BCUT2D eigenvalue weighted by atomic mass is 9.75. The summed E-state index contributed by atoms with van der Waals surface area (Å²) in [5.41, 5.74) is 1.15. The summed E-state index contributed by atoms with van der Waals surface area (Å²) in [7, 11) is 0. The van der Waals surface area contributed by atoms with E-state index in [4.69, 9.17) is 4.74 Å². The third-order valence-electron chi connectivity index (χ3n) is 8.80. The number of hydrogen-bond acceptors (Lipinski definition) is 5. The van der Waals surface area contributed by atoms with Crippen LogP contribution in [-0.4, -0.2) is 51.2 Å². The second-order valence-electron chi connectivity index (χ2n) is 10.8. The molecule has 35 heavy (non-hydrogen) atoms. The molecule has 2 aliphatic heterocycles. The maximum absolute atomic E-state index is 13.4. The highest BCUT2D eigenvalue weighted by atomic mass is 16.6. The van der Waals surface area contributed by atoms with E-state index in [2.05, 4.69) is 10.4 Å². The first-order chi connectivity index (χ1) is 17.0. The smallest absolute Gasteiger partial charge is 0.307 e. The number of nitrogens with one attached hydrogen (secondary N) is 1. The average Bonchev–Trinajstić information content (AvgIpc) is 3.19. The Morgan fingerprint density at radius 3 is 2.43 bits per heavy atom. The SMILES string of the molecule is O=C1CC(C(=O)N2CCC3(CC2)CC3C(=O)Nc2ccc(-n3cccn3)cc2)C2(CCCCC2)O1. The Morgan fingerprint density at radius 2 is 1.74 bits per heavy atom. The molecular weight excluding hydrogens is 444 g/mol. The number of ether oxygens (including phenoxy) is 1. The molecule has 2 atom stereocenters. The van der Waals surface area contributed by atoms with Crippen molar-refractivity contribution in [2.75, 3.05) is 18.4 Å². The average molecular weight is 477 g/mol. The van der Waals surface area contributed by atoms with E-state index in [0.717, 1.165) is 62.7 Å². The van der Waals surface area contributed by atoms with E-state index in [0.29, 0.717) is 13.1 Å². The van der Waals surface area contributed by atoms with E-state index in [1.165, 1.54) is 0 Å². The number of hydrogen-bond donors (Lipinski definition) is 1. The maximum atomic E-state index is 13.4. The van der Waals surface area contributed by atoms with Gasteiger partial charge < -0.3 is 15.0 Å². The van der Waals surface area contributed by atoms with Crippen molar-refractivity contribution in [3.05, 3.63) is 42.7 Å². The molecule has 2 aromatic rings. The Labute approximate surface area is 205 Å². The number of carbonyl (C=O) groups is 3. The fourth-order valence-electron chi connectivity index (χ4n) is 6.62. The van der Waals surface area contributed by atoms with Gasteiger partial charge in [-0.25, -0.2) is 4.68 Å². The molecule has 2 aliphatic carbocycles. The molecule has 2 unspecified atom stereocenters. The first-order valence-electron chi connectivity index (χ1n) is 12.9. The van der Waals surface area contributed by atoms with Crippen LogP contribution in [0.15, 0.2) is 42.7 Å². The fraction of sp³-hybridized carbons (Fsp3) is 0.556. The van der Waals surface area contributed by atoms with E-state index in [9.17, 15) is 14.4 Å². The summed E-state index contributed by atoms with van der Waals surface area (Å²) in [6.07, 6.45) is 11.2. The second kappa shape index (κ2) is 8.50. The molecule has 3 heterocycles. The van der Waals surface area contributed by atoms with E-state index in [1.807, 2.05) is 41.4 Å². The molecule has 0 bridgehead atoms. The highest BCUT2D eigenvalue weighted by Gasteiger charge is 2.60. The van der Waals surface area contributed by atoms with Crippen LogP contribution in [0.25, 0.3) is 5.69 Å². The van der Waals surface area contributed by atoms with Gasteiger partial charge in [-0.2, -0.15) is 5.10 Å². The first kappa shape index (κ1) is 22.3. The van der Waals surface area contributed by atoms with Crippen LogP contribution in [0.1, 0.15) is 57.8 Å². The van der Waals surface area contributed by atoms with Gasteiger partial charge in [0.2, 0.25) is 11.8 Å². The highest BCUT2D eigenvalue weighted by molar-refractivity contribution is 5.95. The van der Waals surface area contributed by atoms with Crippen LogP contribution in [0.4, 0.5) is 5.69 Å². The summed E-state index contributed by atoms with van der Waals surface area (Å²) in [6, 6.07) is 9.54. The molecule has 1 N–H and O–H groups in total. The normalized spacial score (nSPS) is 26.5. The summed E-state index contributed by atoms with van der Waals surface area (Å²) in [5.74, 6) is -0.437. The van der Waals surface area contributed by atoms with Gasteiger partial charge >= 0.3 is 5.97 Å². The van der Waals surface area contributed by atoms with Crippen LogP contribution < -0.4 is 5.32 Å². The number of piperidine rings is 1. The van der Waals surface area contributed by atoms with Gasteiger partial charge in [0, 0.05) is 37.1 Å². The van der Waals surface area contributed by atoms with Gasteiger partial charge in [-0.05, 0) is 80.7 Å². The van der Waals surface area contributed by atoms with E-state index in [-0.39, 0.29) is 41.5 Å². The Kier molecular flexibility index (Phi) is 5.42. The van der Waals surface area contributed by atoms with Crippen molar-refractivity contribution in [3.63, 3.8) is 0 Å². The zero-order valence-corrected chi connectivity index (χ0v) is 19.9. The lowest BCUT2D eigenvalue weighted by Gasteiger charge is -2.40. The summed E-state index contributed by atoms with van der Waals surface area (Å²) >= 11 is 0. The van der Waals surface area contributed by atoms with Crippen LogP contribution in [0.3, 0.4) is 0 Å². The number of likely N-dealkylation sites (tertiary alicyclic amines) is 1. The standard InChI is InChI=1S/C27H32N4O4/c32-23-17-21(27(35-23)9-2-1-3-10-27)25(34)30-15-11-26(12-16-30)18-22(26)24(33)29-19-5-7-20(8-6-19)31-14-4-13-28-31/h4-8,13-14,21-22H,1-3,9-12,15-18H2,(H,29,33). The molecule has 4 fully saturated rings. The number of anilines is 1. The van der Waals surface area contributed by atoms with Crippen molar-refractivity contribution >= 4 is 23.5 Å². The van der Waals surface area contributed by atoms with Gasteiger partial charge in [0.15, 0.2) is 0 Å². The van der Waals surface area contributed by atoms with Crippen molar-refractivity contribution in [1.82, 2.24) is 14.7 Å². The Balaban J connectivity index is 1.04. The lowest BCUT2D eigenvalue weighted by molar-refractivity contribution is -0.156. The molecule has 2 saturated heterocycles. The fourth-order valence-corrected chi connectivity index (χ4v) is 6.62. The van der Waals surface area contributed by atoms with Crippen LogP contribution in [0.5, 0.6) is 0 Å². The first-order valence-corrected chi connectivity index (χ1v) is 12.9. The van der Waals surface area contributed by atoms with Gasteiger partial charge in [-0.15, -0.1) is 0 Å². The Bertz CT molecular complexity index is 1110. The Morgan fingerprint density at radius 1 is 1.00 bits per heavy atom. The molecule has 0 radical (unpaired) electrons. The molecular formula is C27H32N4O4. The topological polar surface area (TPSA) is 93.5 Å². The van der Waals surface area contributed by atoms with E-state index >= 15 is 0 Å². The molecule has 184 valence electrons. The monoisotopic (exact) mass is 476 g/mol. The van der Waals surface area contributed by atoms with Crippen LogP contribution in [0, 0.1) is 17.3 Å². The molecule has 4 aliphatic rings. The van der Waals surface area contributed by atoms with Crippen LogP contribution >= 0.6 is 0 Å². The third-order valence-corrected chi connectivity index (χ3v) is 8.80. The minimum Gasteiger partial charge on any atom is -0.458 e. The number of carbonyl (C=O) groups excluding carboxylic acids is 3. The van der Waals surface area contributed by atoms with Crippen LogP contribution in [0.2, 0.25) is 0 Å². The van der Waals surface area contributed by atoms with Gasteiger partial charge in [0.1, 0.15) is 5.60 Å².